The number of carbonyl (C=O) groups is 2. The average molecular weight is 667 g/mol. The molecule has 4 rings (SSSR count). The van der Waals surface area contributed by atoms with Gasteiger partial charge in [-0.25, -0.2) is 8.42 Å². The first-order valence-electron chi connectivity index (χ1n) is 14.6. The summed E-state index contributed by atoms with van der Waals surface area (Å²) in [5.74, 6) is -0.894. The van der Waals surface area contributed by atoms with Crippen molar-refractivity contribution in [2.24, 2.45) is 0 Å². The van der Waals surface area contributed by atoms with E-state index in [0.717, 1.165) is 26.6 Å². The molecular weight excluding hydrogens is 629 g/mol. The van der Waals surface area contributed by atoms with Crippen LogP contribution in [0.4, 0.5) is 5.69 Å². The fraction of sp³-hybridized carbons (Fsp3) is 0.257. The Kier molecular flexibility index (Phi) is 11.3. The van der Waals surface area contributed by atoms with Crippen LogP contribution < -0.4 is 9.62 Å². The van der Waals surface area contributed by atoms with E-state index in [9.17, 15) is 18.0 Å². The zero-order valence-corrected chi connectivity index (χ0v) is 28.0. The predicted molar refractivity (Wildman–Crippen MR) is 181 cm³/mol. The molecule has 236 valence electrons. The van der Waals surface area contributed by atoms with Gasteiger partial charge in [0, 0.05) is 19.0 Å². The van der Waals surface area contributed by atoms with Crippen molar-refractivity contribution in [1.29, 1.82) is 0 Å². The second-order valence-corrected chi connectivity index (χ2v) is 14.0. The number of halogens is 2. The molecule has 0 unspecified atom stereocenters. The molecular formula is C35H37Cl2N3O4S. The van der Waals surface area contributed by atoms with Gasteiger partial charge >= 0.3 is 0 Å². The first kappa shape index (κ1) is 34.0. The van der Waals surface area contributed by atoms with Crippen LogP contribution in [0.3, 0.4) is 0 Å². The molecule has 45 heavy (non-hydrogen) atoms. The Morgan fingerprint density at radius 2 is 1.38 bits per heavy atom. The summed E-state index contributed by atoms with van der Waals surface area (Å²) in [6, 6.07) is 26.8. The van der Waals surface area contributed by atoms with E-state index in [4.69, 9.17) is 23.2 Å². The maximum atomic E-state index is 14.5. The monoisotopic (exact) mass is 665 g/mol. The van der Waals surface area contributed by atoms with E-state index in [1.54, 1.807) is 12.1 Å². The topological polar surface area (TPSA) is 86.8 Å². The molecule has 0 radical (unpaired) electrons. The van der Waals surface area contributed by atoms with Crippen LogP contribution in [-0.4, -0.2) is 43.8 Å². The lowest BCUT2D eigenvalue weighted by Crippen LogP contribution is -2.54. The van der Waals surface area contributed by atoms with Crippen LogP contribution in [0.15, 0.2) is 102 Å². The summed E-state index contributed by atoms with van der Waals surface area (Å²) in [5, 5.41) is 3.34. The first-order valence-corrected chi connectivity index (χ1v) is 16.8. The Hall–Kier alpha value is -3.85. The van der Waals surface area contributed by atoms with Gasteiger partial charge in [-0.1, -0.05) is 101 Å². The van der Waals surface area contributed by atoms with Gasteiger partial charge in [-0.3, -0.25) is 13.9 Å². The molecule has 0 saturated carbocycles. The van der Waals surface area contributed by atoms with E-state index in [1.165, 1.54) is 35.2 Å². The Morgan fingerprint density at radius 1 is 0.778 bits per heavy atom. The highest BCUT2D eigenvalue weighted by Crippen LogP contribution is 2.31. The SMILES string of the molecule is Cc1ccc(CN(C(=O)CN(c2ccc(Cl)c(Cl)c2)S(=O)(=O)c2ccc(C)cc2)[C@@H](Cc2ccccc2)C(=O)NC(C)C)cc1. The number of nitrogens with zero attached hydrogens (tertiary/aromatic N) is 2. The first-order chi connectivity index (χ1) is 21.3. The van der Waals surface area contributed by atoms with Crippen LogP contribution in [-0.2, 0) is 32.6 Å². The minimum Gasteiger partial charge on any atom is -0.352 e. The van der Waals surface area contributed by atoms with Gasteiger partial charge in [-0.15, -0.1) is 0 Å². The lowest BCUT2D eigenvalue weighted by atomic mass is 10.0. The molecule has 1 N–H and O–H groups in total. The highest BCUT2D eigenvalue weighted by atomic mass is 35.5. The molecule has 4 aromatic rings. The van der Waals surface area contributed by atoms with Gasteiger partial charge < -0.3 is 10.2 Å². The zero-order valence-electron chi connectivity index (χ0n) is 25.7. The van der Waals surface area contributed by atoms with Crippen LogP contribution in [0.2, 0.25) is 10.0 Å². The van der Waals surface area contributed by atoms with Crippen molar-refractivity contribution < 1.29 is 18.0 Å². The number of carbonyl (C=O) groups excluding carboxylic acids is 2. The molecule has 0 spiro atoms. The Morgan fingerprint density at radius 3 is 1.96 bits per heavy atom. The number of amides is 2. The summed E-state index contributed by atoms with van der Waals surface area (Å²) in [6.45, 7) is 7.02. The normalized spacial score (nSPS) is 12.1. The van der Waals surface area contributed by atoms with Crippen molar-refractivity contribution in [3.8, 4) is 0 Å². The average Bonchev–Trinajstić information content (AvgIpc) is 3.00. The number of rotatable bonds is 12. The molecule has 2 amide bonds. The molecule has 0 saturated heterocycles. The van der Waals surface area contributed by atoms with Crippen LogP contribution in [0.5, 0.6) is 0 Å². The number of anilines is 1. The van der Waals surface area contributed by atoms with Crippen LogP contribution in [0, 0.1) is 13.8 Å². The van der Waals surface area contributed by atoms with Crippen LogP contribution >= 0.6 is 23.2 Å². The minimum atomic E-state index is -4.25. The molecule has 0 aliphatic carbocycles. The quantitative estimate of drug-likeness (QED) is 0.177. The summed E-state index contributed by atoms with van der Waals surface area (Å²) < 4.78 is 29.3. The molecule has 0 heterocycles. The lowest BCUT2D eigenvalue weighted by Gasteiger charge is -2.34. The minimum absolute atomic E-state index is 0.00967. The van der Waals surface area contributed by atoms with Crippen LogP contribution in [0.1, 0.15) is 36.1 Å². The molecule has 1 atom stereocenters. The van der Waals surface area contributed by atoms with E-state index >= 15 is 0 Å². The van der Waals surface area contributed by atoms with Gasteiger partial charge in [-0.2, -0.15) is 0 Å². The molecule has 0 bridgehead atoms. The van der Waals surface area contributed by atoms with Gasteiger partial charge in [0.05, 0.1) is 20.6 Å². The number of benzene rings is 4. The Labute approximate surface area is 275 Å². The number of aryl methyl sites for hydroxylation is 2. The van der Waals surface area contributed by atoms with Gasteiger partial charge in [0.1, 0.15) is 12.6 Å². The van der Waals surface area contributed by atoms with Crippen molar-refractivity contribution >= 4 is 50.7 Å². The zero-order chi connectivity index (χ0) is 32.7. The smallest absolute Gasteiger partial charge is 0.264 e. The number of nitrogens with one attached hydrogen (secondary N) is 1. The van der Waals surface area contributed by atoms with E-state index in [-0.39, 0.29) is 45.5 Å². The van der Waals surface area contributed by atoms with Crippen LogP contribution in [0.25, 0.3) is 0 Å². The Balaban J connectivity index is 1.82. The number of hydrogen-bond acceptors (Lipinski definition) is 4. The van der Waals surface area contributed by atoms with Gasteiger partial charge in [0.2, 0.25) is 11.8 Å². The molecule has 10 heteroatoms. The van der Waals surface area contributed by atoms with Crippen molar-refractivity contribution in [2.45, 2.75) is 57.6 Å². The third-order valence-corrected chi connectivity index (χ3v) is 9.78. The second kappa shape index (κ2) is 15.0. The van der Waals surface area contributed by atoms with Gasteiger partial charge in [0.25, 0.3) is 10.0 Å². The van der Waals surface area contributed by atoms with E-state index in [0.29, 0.717) is 0 Å². The van der Waals surface area contributed by atoms with Crippen molar-refractivity contribution in [2.75, 3.05) is 10.8 Å². The maximum Gasteiger partial charge on any atom is 0.264 e. The summed E-state index contributed by atoms with van der Waals surface area (Å²) in [6.07, 6.45) is 0.231. The molecule has 7 nitrogen and oxygen atoms in total. The fourth-order valence-electron chi connectivity index (χ4n) is 4.83. The highest BCUT2D eigenvalue weighted by Gasteiger charge is 2.35. The lowest BCUT2D eigenvalue weighted by molar-refractivity contribution is -0.140. The molecule has 4 aromatic carbocycles. The summed E-state index contributed by atoms with van der Waals surface area (Å²) in [5.41, 5.74) is 3.75. The number of sulfonamides is 1. The molecule has 0 fully saturated rings. The highest BCUT2D eigenvalue weighted by molar-refractivity contribution is 7.92. The summed E-state index contributed by atoms with van der Waals surface area (Å²) in [4.78, 5) is 29.7. The van der Waals surface area contributed by atoms with Crippen molar-refractivity contribution in [1.82, 2.24) is 10.2 Å². The predicted octanol–water partition coefficient (Wildman–Crippen LogP) is 6.97. The molecule has 0 aliphatic rings. The Bertz CT molecular complexity index is 1730. The van der Waals surface area contributed by atoms with E-state index < -0.39 is 28.5 Å². The maximum absolute atomic E-state index is 14.5. The third kappa shape index (κ3) is 8.87. The van der Waals surface area contributed by atoms with Gasteiger partial charge in [0.15, 0.2) is 0 Å². The third-order valence-electron chi connectivity index (χ3n) is 7.25. The molecule has 0 aromatic heterocycles. The van der Waals surface area contributed by atoms with Crippen molar-refractivity contribution in [3.05, 3.63) is 129 Å². The second-order valence-electron chi connectivity index (χ2n) is 11.3. The van der Waals surface area contributed by atoms with Crippen molar-refractivity contribution in [3.63, 3.8) is 0 Å². The van der Waals surface area contributed by atoms with E-state index in [2.05, 4.69) is 5.32 Å². The summed E-state index contributed by atoms with van der Waals surface area (Å²) in [7, 11) is -4.25. The molecule has 0 aliphatic heterocycles. The number of hydrogen-bond donors (Lipinski definition) is 1. The van der Waals surface area contributed by atoms with E-state index in [1.807, 2.05) is 82.3 Å². The summed E-state index contributed by atoms with van der Waals surface area (Å²) >= 11 is 12.5. The standard InChI is InChI=1S/C35H37Cl2N3O4S/c1-24(2)38-35(42)33(20-27-8-6-5-7-9-27)39(22-28-14-10-25(3)11-15-28)34(41)23-40(29-16-19-31(36)32(37)21-29)45(43,44)30-17-12-26(4)13-18-30/h5-19,21,24,33H,20,22-23H2,1-4H3,(H,38,42)/t33-/m0/s1. The largest absolute Gasteiger partial charge is 0.352 e. The van der Waals surface area contributed by atoms with Gasteiger partial charge in [-0.05, 0) is 69.2 Å². The fourth-order valence-corrected chi connectivity index (χ4v) is 6.53.